The zero-order valence-electron chi connectivity index (χ0n) is 15.3. The Labute approximate surface area is 158 Å². The lowest BCUT2D eigenvalue weighted by Gasteiger charge is -2.11. The summed E-state index contributed by atoms with van der Waals surface area (Å²) < 4.78 is 25.6. The molecule has 27 heavy (non-hydrogen) atoms. The number of nitrogens with zero attached hydrogens (tertiary/aromatic N) is 1. The van der Waals surface area contributed by atoms with Gasteiger partial charge < -0.3 is 10.2 Å². The molecule has 0 aliphatic carbocycles. The van der Waals surface area contributed by atoms with Gasteiger partial charge in [0.05, 0.1) is 4.90 Å². The van der Waals surface area contributed by atoms with Gasteiger partial charge in [-0.15, -0.1) is 0 Å². The van der Waals surface area contributed by atoms with Gasteiger partial charge in [0.2, 0.25) is 15.9 Å². The van der Waals surface area contributed by atoms with Gasteiger partial charge in [-0.1, -0.05) is 18.2 Å². The number of amides is 2. The molecule has 0 aliphatic heterocycles. The van der Waals surface area contributed by atoms with E-state index in [4.69, 9.17) is 0 Å². The molecule has 2 rings (SSSR count). The van der Waals surface area contributed by atoms with Crippen molar-refractivity contribution in [3.8, 4) is 0 Å². The topological polar surface area (TPSA) is 95.6 Å². The summed E-state index contributed by atoms with van der Waals surface area (Å²) in [7, 11) is 1.17. The minimum Gasteiger partial charge on any atom is -0.345 e. The fourth-order valence-electron chi connectivity index (χ4n) is 2.22. The number of anilines is 1. The molecular weight excluding hydrogens is 366 g/mol. The first-order valence-corrected chi connectivity index (χ1v) is 9.55. The van der Waals surface area contributed by atoms with Gasteiger partial charge in [0.15, 0.2) is 0 Å². The van der Waals surface area contributed by atoms with Gasteiger partial charge in [0, 0.05) is 31.4 Å². The Balaban J connectivity index is 2.05. The zero-order valence-corrected chi connectivity index (χ0v) is 16.1. The second-order valence-electron chi connectivity index (χ2n) is 5.88. The molecule has 0 saturated heterocycles. The molecule has 2 N–H and O–H groups in total. The smallest absolute Gasteiger partial charge is 0.253 e. The van der Waals surface area contributed by atoms with Crippen molar-refractivity contribution in [2.24, 2.45) is 0 Å². The molecule has 0 aliphatic rings. The van der Waals surface area contributed by atoms with Crippen molar-refractivity contribution in [3.63, 3.8) is 0 Å². The van der Waals surface area contributed by atoms with Crippen LogP contribution in [-0.4, -0.2) is 46.3 Å². The summed E-state index contributed by atoms with van der Waals surface area (Å²) in [6, 6.07) is 12.8. The van der Waals surface area contributed by atoms with E-state index in [0.717, 1.165) is 0 Å². The molecule has 142 valence electrons. The molecule has 2 aromatic carbocycles. The molecule has 0 radical (unpaired) electrons. The molecule has 0 bridgehead atoms. The first kappa shape index (κ1) is 20.3. The van der Waals surface area contributed by atoms with E-state index < -0.39 is 10.0 Å². The summed E-state index contributed by atoms with van der Waals surface area (Å²) >= 11 is 0. The third-order valence-corrected chi connectivity index (χ3v) is 5.10. The van der Waals surface area contributed by atoms with Gasteiger partial charge in [0.25, 0.3) is 5.91 Å². The fourth-order valence-corrected chi connectivity index (χ4v) is 2.95. The predicted molar refractivity (Wildman–Crippen MR) is 105 cm³/mol. The quantitative estimate of drug-likeness (QED) is 0.741. The Morgan fingerprint density at radius 1 is 1.04 bits per heavy atom. The highest BCUT2D eigenvalue weighted by Gasteiger charge is 2.10. The molecule has 0 unspecified atom stereocenters. The number of hydrogen-bond donors (Lipinski definition) is 2. The molecule has 2 amide bonds. The highest BCUT2D eigenvalue weighted by molar-refractivity contribution is 7.89. The second-order valence-corrected chi connectivity index (χ2v) is 7.77. The Hall–Kier alpha value is -2.97. The van der Waals surface area contributed by atoms with Gasteiger partial charge >= 0.3 is 0 Å². The van der Waals surface area contributed by atoms with E-state index in [2.05, 4.69) is 10.0 Å². The van der Waals surface area contributed by atoms with Crippen LogP contribution in [0, 0.1) is 0 Å². The van der Waals surface area contributed by atoms with E-state index in [0.29, 0.717) is 16.8 Å². The molecule has 0 aromatic heterocycles. The van der Waals surface area contributed by atoms with Crippen LogP contribution >= 0.6 is 0 Å². The van der Waals surface area contributed by atoms with Crippen molar-refractivity contribution < 1.29 is 18.0 Å². The van der Waals surface area contributed by atoms with Gasteiger partial charge in [-0.3, -0.25) is 9.59 Å². The average molecular weight is 387 g/mol. The van der Waals surface area contributed by atoms with E-state index in [1.54, 1.807) is 56.6 Å². The molecule has 7 nitrogen and oxygen atoms in total. The van der Waals surface area contributed by atoms with Crippen LogP contribution in [0.5, 0.6) is 0 Å². The minimum absolute atomic E-state index is 0.147. The van der Waals surface area contributed by atoms with E-state index >= 15 is 0 Å². The number of nitrogens with one attached hydrogen (secondary N) is 2. The zero-order chi connectivity index (χ0) is 20.0. The van der Waals surface area contributed by atoms with Crippen molar-refractivity contribution in [1.29, 1.82) is 0 Å². The van der Waals surface area contributed by atoms with E-state index in [-0.39, 0.29) is 16.7 Å². The van der Waals surface area contributed by atoms with Gasteiger partial charge in [-0.25, -0.2) is 13.1 Å². The third kappa shape index (κ3) is 5.50. The highest BCUT2D eigenvalue weighted by Crippen LogP contribution is 2.13. The second kappa shape index (κ2) is 8.61. The van der Waals surface area contributed by atoms with Crippen molar-refractivity contribution in [3.05, 3.63) is 65.7 Å². The maximum absolute atomic E-state index is 12.1. The molecule has 0 heterocycles. The van der Waals surface area contributed by atoms with Crippen LogP contribution in [-0.2, 0) is 14.8 Å². The average Bonchev–Trinajstić information content (AvgIpc) is 2.66. The molecule has 2 aromatic rings. The van der Waals surface area contributed by atoms with Gasteiger partial charge in [-0.2, -0.15) is 0 Å². The maximum Gasteiger partial charge on any atom is 0.253 e. The first-order chi connectivity index (χ1) is 12.7. The van der Waals surface area contributed by atoms with E-state index in [1.165, 1.54) is 30.2 Å². The van der Waals surface area contributed by atoms with Crippen LogP contribution in [0.1, 0.15) is 15.9 Å². The Bertz CT molecular complexity index is 965. The predicted octanol–water partition coefficient (Wildman–Crippen LogP) is 1.95. The van der Waals surface area contributed by atoms with E-state index in [9.17, 15) is 18.0 Å². The summed E-state index contributed by atoms with van der Waals surface area (Å²) in [5, 5.41) is 2.69. The molecule has 0 fully saturated rings. The molecule has 8 heteroatoms. The first-order valence-electron chi connectivity index (χ1n) is 8.07. The number of sulfonamides is 1. The lowest BCUT2D eigenvalue weighted by molar-refractivity contribution is -0.111. The molecule has 0 spiro atoms. The summed E-state index contributed by atoms with van der Waals surface area (Å²) in [4.78, 5) is 25.6. The Kier molecular flexibility index (Phi) is 6.49. The van der Waals surface area contributed by atoms with Crippen LogP contribution in [0.2, 0.25) is 0 Å². The van der Waals surface area contributed by atoms with Crippen LogP contribution in [0.25, 0.3) is 6.08 Å². The van der Waals surface area contributed by atoms with Gasteiger partial charge in [0.1, 0.15) is 0 Å². The van der Waals surface area contributed by atoms with Crippen LogP contribution in [0.15, 0.2) is 59.5 Å². The van der Waals surface area contributed by atoms with Crippen molar-refractivity contribution in [2.75, 3.05) is 26.5 Å². The number of carbonyl (C=O) groups excluding carboxylic acids is 2. The number of carbonyl (C=O) groups is 2. The Morgan fingerprint density at radius 3 is 2.30 bits per heavy atom. The maximum atomic E-state index is 12.1. The molecular formula is C19H21N3O4S. The fraction of sp³-hybridized carbons (Fsp3) is 0.158. The highest BCUT2D eigenvalue weighted by atomic mass is 32.2. The summed E-state index contributed by atoms with van der Waals surface area (Å²) in [5.74, 6) is -0.519. The summed E-state index contributed by atoms with van der Waals surface area (Å²) in [6.45, 7) is 0. The number of benzene rings is 2. The SMILES string of the molecule is CNS(=O)(=O)c1ccc(/C=C/C(=O)Nc2cccc(C(=O)N(C)C)c2)cc1. The lowest BCUT2D eigenvalue weighted by Crippen LogP contribution is -2.21. The third-order valence-electron chi connectivity index (χ3n) is 3.67. The van der Waals surface area contributed by atoms with Gasteiger partial charge in [-0.05, 0) is 49.0 Å². The number of hydrogen-bond acceptors (Lipinski definition) is 4. The normalized spacial score (nSPS) is 11.4. The van der Waals surface area contributed by atoms with Crippen molar-refractivity contribution >= 4 is 33.6 Å². The van der Waals surface area contributed by atoms with Crippen LogP contribution in [0.4, 0.5) is 5.69 Å². The lowest BCUT2D eigenvalue weighted by atomic mass is 10.1. The number of rotatable bonds is 6. The summed E-state index contributed by atoms with van der Waals surface area (Å²) in [6.07, 6.45) is 2.90. The van der Waals surface area contributed by atoms with Crippen molar-refractivity contribution in [1.82, 2.24) is 9.62 Å². The largest absolute Gasteiger partial charge is 0.345 e. The minimum atomic E-state index is -3.49. The van der Waals surface area contributed by atoms with Crippen molar-refractivity contribution in [2.45, 2.75) is 4.90 Å². The monoisotopic (exact) mass is 387 g/mol. The van der Waals surface area contributed by atoms with Crippen LogP contribution < -0.4 is 10.0 Å². The molecule has 0 atom stereocenters. The van der Waals surface area contributed by atoms with Crippen LogP contribution in [0.3, 0.4) is 0 Å². The summed E-state index contributed by atoms with van der Waals surface area (Å²) in [5.41, 5.74) is 1.66. The molecule has 0 saturated carbocycles. The standard InChI is InChI=1S/C19H21N3O4S/c1-20-27(25,26)17-10-7-14(8-11-17)9-12-18(23)21-16-6-4-5-15(13-16)19(24)22(2)3/h4-13,20H,1-3H3,(H,21,23)/b12-9+. The van der Waals surface area contributed by atoms with E-state index in [1.807, 2.05) is 0 Å². The Morgan fingerprint density at radius 2 is 1.70 bits per heavy atom.